The Kier molecular flexibility index (Phi) is 6.09. The smallest absolute Gasteiger partial charge is 0.273 e. The summed E-state index contributed by atoms with van der Waals surface area (Å²) in [6.45, 7) is 2.78. The molecule has 0 aromatic carbocycles. The van der Waals surface area contributed by atoms with Crippen molar-refractivity contribution in [2.45, 2.75) is 64.5 Å². The van der Waals surface area contributed by atoms with Crippen molar-refractivity contribution in [1.29, 1.82) is 0 Å². The van der Waals surface area contributed by atoms with E-state index in [1.165, 1.54) is 32.1 Å². The summed E-state index contributed by atoms with van der Waals surface area (Å²) >= 11 is 0. The van der Waals surface area contributed by atoms with Crippen molar-refractivity contribution in [3.63, 3.8) is 0 Å². The highest BCUT2D eigenvalue weighted by molar-refractivity contribution is 5.92. The lowest BCUT2D eigenvalue weighted by Crippen LogP contribution is -2.34. The summed E-state index contributed by atoms with van der Waals surface area (Å²) < 4.78 is 1.79. The van der Waals surface area contributed by atoms with Crippen LogP contribution in [-0.2, 0) is 13.0 Å². The molecular weight excluding hydrogens is 316 g/mol. The fraction of sp³-hybridized carbons (Fsp3) is 0.611. The normalized spacial score (nSPS) is 16.5. The zero-order valence-electron chi connectivity index (χ0n) is 14.8. The first-order valence-electron chi connectivity index (χ1n) is 9.16. The van der Waals surface area contributed by atoms with E-state index in [0.29, 0.717) is 12.1 Å². The minimum atomic E-state index is -0.194. The van der Waals surface area contributed by atoms with E-state index in [4.69, 9.17) is 0 Å². The maximum Gasteiger partial charge on any atom is 0.273 e. The molecule has 1 aliphatic carbocycles. The molecule has 1 N–H and O–H groups in total. The third-order valence-corrected chi connectivity index (χ3v) is 4.77. The van der Waals surface area contributed by atoms with E-state index >= 15 is 0 Å². The lowest BCUT2D eigenvalue weighted by molar-refractivity contribution is 0.0935. The van der Waals surface area contributed by atoms with Crippen LogP contribution in [0.1, 0.15) is 61.6 Å². The third-order valence-electron chi connectivity index (χ3n) is 4.77. The van der Waals surface area contributed by atoms with Gasteiger partial charge in [0.1, 0.15) is 0 Å². The maximum atomic E-state index is 12.3. The molecule has 0 aliphatic heterocycles. The van der Waals surface area contributed by atoms with Gasteiger partial charge in [0, 0.05) is 37.6 Å². The molecule has 1 atom stereocenters. The molecule has 134 valence electrons. The van der Waals surface area contributed by atoms with Crippen molar-refractivity contribution in [2.24, 2.45) is 5.92 Å². The first-order valence-corrected chi connectivity index (χ1v) is 9.16. The Bertz CT molecular complexity index is 665. The van der Waals surface area contributed by atoms with Gasteiger partial charge in [0.25, 0.3) is 5.91 Å². The molecule has 7 heteroatoms. The first-order chi connectivity index (χ1) is 12.2. The van der Waals surface area contributed by atoms with E-state index in [1.54, 1.807) is 29.5 Å². The van der Waals surface area contributed by atoms with E-state index < -0.39 is 0 Å². The molecule has 3 rings (SSSR count). The summed E-state index contributed by atoms with van der Waals surface area (Å²) in [5.41, 5.74) is 1.22. The van der Waals surface area contributed by atoms with Crippen molar-refractivity contribution in [3.8, 4) is 0 Å². The average Bonchev–Trinajstić information content (AvgIpc) is 3.11. The molecule has 2 aromatic heterocycles. The molecule has 0 radical (unpaired) electrons. The molecule has 1 fully saturated rings. The Morgan fingerprint density at radius 3 is 2.92 bits per heavy atom. The van der Waals surface area contributed by atoms with Crippen LogP contribution in [-0.4, -0.2) is 36.9 Å². The second kappa shape index (κ2) is 8.69. The average molecular weight is 342 g/mol. The molecule has 1 aliphatic rings. The van der Waals surface area contributed by atoms with Crippen molar-refractivity contribution >= 4 is 5.91 Å². The van der Waals surface area contributed by atoms with Crippen LogP contribution in [0.25, 0.3) is 0 Å². The zero-order valence-corrected chi connectivity index (χ0v) is 14.8. The topological polar surface area (TPSA) is 85.6 Å². The number of nitrogens with one attached hydrogen (secondary N) is 1. The van der Waals surface area contributed by atoms with E-state index in [-0.39, 0.29) is 11.9 Å². The minimum Gasteiger partial charge on any atom is -0.348 e. The summed E-state index contributed by atoms with van der Waals surface area (Å²) in [5.74, 6) is 0.600. The van der Waals surface area contributed by atoms with Gasteiger partial charge in [-0.25, -0.2) is 0 Å². The molecule has 1 saturated carbocycles. The number of rotatable bonds is 7. The number of hydrogen-bond acceptors (Lipinski definition) is 5. The molecule has 0 spiro atoms. The van der Waals surface area contributed by atoms with Crippen LogP contribution in [0, 0.1) is 5.92 Å². The third kappa shape index (κ3) is 5.34. The van der Waals surface area contributed by atoms with Crippen molar-refractivity contribution in [2.75, 3.05) is 0 Å². The predicted octanol–water partition coefficient (Wildman–Crippen LogP) is 2.40. The monoisotopic (exact) mass is 342 g/mol. The number of aryl methyl sites for hydroxylation is 1. The van der Waals surface area contributed by atoms with Gasteiger partial charge in [0.2, 0.25) is 0 Å². The van der Waals surface area contributed by atoms with E-state index in [9.17, 15) is 4.79 Å². The summed E-state index contributed by atoms with van der Waals surface area (Å²) in [7, 11) is 0. The van der Waals surface area contributed by atoms with Gasteiger partial charge in [-0.05, 0) is 19.3 Å². The highest BCUT2D eigenvalue weighted by Crippen LogP contribution is 2.26. The fourth-order valence-electron chi connectivity index (χ4n) is 3.40. The lowest BCUT2D eigenvalue weighted by atomic mass is 9.87. The Balaban J connectivity index is 1.46. The Hall–Kier alpha value is -2.31. The number of carbonyl (C=O) groups excluding carboxylic acids is 1. The second-order valence-corrected chi connectivity index (χ2v) is 6.93. The second-order valence-electron chi connectivity index (χ2n) is 6.93. The number of amides is 1. The Labute approximate surface area is 148 Å². The number of hydrogen-bond donors (Lipinski definition) is 1. The van der Waals surface area contributed by atoms with Crippen molar-refractivity contribution in [3.05, 3.63) is 36.2 Å². The van der Waals surface area contributed by atoms with Crippen LogP contribution in [0.15, 0.2) is 24.8 Å². The van der Waals surface area contributed by atoms with Gasteiger partial charge < -0.3 is 5.32 Å². The van der Waals surface area contributed by atoms with E-state index in [2.05, 4.69) is 25.6 Å². The van der Waals surface area contributed by atoms with Gasteiger partial charge in [0.05, 0.1) is 11.9 Å². The highest BCUT2D eigenvalue weighted by atomic mass is 16.2. The fourth-order valence-corrected chi connectivity index (χ4v) is 3.40. The molecule has 2 heterocycles. The zero-order chi connectivity index (χ0) is 17.5. The van der Waals surface area contributed by atoms with E-state index in [1.807, 2.05) is 6.92 Å². The Morgan fingerprint density at radius 1 is 1.32 bits per heavy atom. The van der Waals surface area contributed by atoms with Crippen LogP contribution in [0.3, 0.4) is 0 Å². The van der Waals surface area contributed by atoms with Gasteiger partial charge in [0.15, 0.2) is 5.69 Å². The van der Waals surface area contributed by atoms with Crippen LogP contribution >= 0.6 is 0 Å². The number of nitrogens with zero attached hydrogens (tertiary/aromatic N) is 5. The van der Waals surface area contributed by atoms with Gasteiger partial charge in [-0.2, -0.15) is 0 Å². The van der Waals surface area contributed by atoms with Crippen LogP contribution in [0.4, 0.5) is 0 Å². The quantitative estimate of drug-likeness (QED) is 0.835. The largest absolute Gasteiger partial charge is 0.348 e. The summed E-state index contributed by atoms with van der Waals surface area (Å²) in [4.78, 5) is 20.6. The van der Waals surface area contributed by atoms with Crippen molar-refractivity contribution in [1.82, 2.24) is 30.3 Å². The summed E-state index contributed by atoms with van der Waals surface area (Å²) in [5, 5.41) is 11.1. The molecule has 2 aromatic rings. The molecule has 0 saturated heterocycles. The Morgan fingerprint density at radius 2 is 2.16 bits per heavy atom. The molecule has 0 bridgehead atoms. The molecule has 25 heavy (non-hydrogen) atoms. The summed E-state index contributed by atoms with van der Waals surface area (Å²) in [6.07, 6.45) is 15.2. The van der Waals surface area contributed by atoms with Crippen LogP contribution in [0.5, 0.6) is 0 Å². The van der Waals surface area contributed by atoms with Gasteiger partial charge in [-0.1, -0.05) is 37.3 Å². The first kappa shape index (κ1) is 17.5. The van der Waals surface area contributed by atoms with E-state index in [0.717, 1.165) is 24.6 Å². The minimum absolute atomic E-state index is 0.0448. The van der Waals surface area contributed by atoms with Crippen molar-refractivity contribution < 1.29 is 4.79 Å². The predicted molar refractivity (Wildman–Crippen MR) is 93.9 cm³/mol. The molecule has 1 unspecified atom stereocenters. The highest BCUT2D eigenvalue weighted by Gasteiger charge is 2.16. The standard InChI is InChI=1S/C18H26N6O/c1-14(11-16-12-19-8-9-20-16)21-18(25)17-13-24(23-22-17)10-7-15-5-3-2-4-6-15/h8-9,12-15H,2-7,10-11H2,1H3,(H,21,25). The maximum absolute atomic E-state index is 12.3. The molecule has 7 nitrogen and oxygen atoms in total. The lowest BCUT2D eigenvalue weighted by Gasteiger charge is -2.20. The van der Waals surface area contributed by atoms with Gasteiger partial charge in [-0.15, -0.1) is 5.10 Å². The summed E-state index contributed by atoms with van der Waals surface area (Å²) in [6, 6.07) is -0.0448. The number of carbonyl (C=O) groups is 1. The van der Waals surface area contributed by atoms with Gasteiger partial charge >= 0.3 is 0 Å². The van der Waals surface area contributed by atoms with Crippen LogP contribution in [0.2, 0.25) is 0 Å². The number of aromatic nitrogens is 5. The molecule has 1 amide bonds. The van der Waals surface area contributed by atoms with Gasteiger partial charge in [-0.3, -0.25) is 19.4 Å². The molecular formula is C18H26N6O. The van der Waals surface area contributed by atoms with Crippen LogP contribution < -0.4 is 5.32 Å². The SMILES string of the molecule is CC(Cc1cnccn1)NC(=O)c1cn(CCC2CCCCC2)nn1.